The van der Waals surface area contributed by atoms with Gasteiger partial charge in [-0.3, -0.25) is 4.79 Å². The van der Waals surface area contributed by atoms with Crippen LogP contribution in [0, 0.1) is 5.41 Å². The molecule has 0 unspecified atom stereocenters. The molecule has 2 rings (SSSR count). The summed E-state index contributed by atoms with van der Waals surface area (Å²) in [5.74, 6) is -0.636. The highest BCUT2D eigenvalue weighted by atomic mass is 79.9. The van der Waals surface area contributed by atoms with E-state index in [2.05, 4.69) is 33.0 Å². The van der Waals surface area contributed by atoms with Gasteiger partial charge in [0, 0.05) is 18.0 Å². The van der Waals surface area contributed by atoms with Crippen molar-refractivity contribution in [3.63, 3.8) is 0 Å². The normalized spacial score (nSPS) is 17.4. The highest BCUT2D eigenvalue weighted by Crippen LogP contribution is 2.46. The largest absolute Gasteiger partial charge is 0.481 e. The lowest BCUT2D eigenvalue weighted by Crippen LogP contribution is -2.33. The molecule has 0 aromatic carbocycles. The van der Waals surface area contributed by atoms with Crippen molar-refractivity contribution in [1.29, 1.82) is 0 Å². The van der Waals surface area contributed by atoms with Crippen LogP contribution < -0.4 is 0 Å². The molecule has 94 valence electrons. The van der Waals surface area contributed by atoms with Crippen LogP contribution >= 0.6 is 27.3 Å². The number of carboxylic acid groups (broad SMARTS) is 1. The number of halogens is 1. The van der Waals surface area contributed by atoms with Crippen molar-refractivity contribution in [3.8, 4) is 0 Å². The first kappa shape index (κ1) is 13.1. The summed E-state index contributed by atoms with van der Waals surface area (Å²) in [4.78, 5) is 14.5. The van der Waals surface area contributed by atoms with Gasteiger partial charge in [0.15, 0.2) is 0 Å². The molecule has 1 aromatic heterocycles. The van der Waals surface area contributed by atoms with Crippen LogP contribution in [0.3, 0.4) is 0 Å². The molecular formula is C12H16BrNO2S. The summed E-state index contributed by atoms with van der Waals surface area (Å²) in [5, 5.41) is 9.11. The molecule has 0 spiro atoms. The molecule has 1 aliphatic carbocycles. The molecule has 0 atom stereocenters. The Morgan fingerprint density at radius 3 is 2.76 bits per heavy atom. The van der Waals surface area contributed by atoms with E-state index >= 15 is 0 Å². The summed E-state index contributed by atoms with van der Waals surface area (Å²) in [6.07, 6.45) is 2.65. The summed E-state index contributed by atoms with van der Waals surface area (Å²) in [7, 11) is 2.01. The van der Waals surface area contributed by atoms with Gasteiger partial charge in [-0.05, 0) is 54.4 Å². The van der Waals surface area contributed by atoms with Crippen LogP contribution in [0.5, 0.6) is 0 Å². The maximum absolute atomic E-state index is 11.1. The van der Waals surface area contributed by atoms with E-state index in [1.807, 2.05) is 7.05 Å². The Bertz CT molecular complexity index is 414. The first-order chi connectivity index (χ1) is 8.02. The minimum absolute atomic E-state index is 0.440. The lowest BCUT2D eigenvalue weighted by Gasteiger charge is -2.20. The molecule has 3 nitrogen and oxygen atoms in total. The van der Waals surface area contributed by atoms with Crippen LogP contribution in [-0.4, -0.2) is 36.1 Å². The van der Waals surface area contributed by atoms with Crippen molar-refractivity contribution in [2.24, 2.45) is 5.41 Å². The summed E-state index contributed by atoms with van der Waals surface area (Å²) in [6.45, 7) is 1.59. The predicted octanol–water partition coefficient (Wildman–Crippen LogP) is 2.85. The second-order valence-corrected chi connectivity index (χ2v) is 7.33. The molecule has 1 aromatic rings. The Morgan fingerprint density at radius 2 is 2.29 bits per heavy atom. The number of hydrogen-bond acceptors (Lipinski definition) is 3. The summed E-state index contributed by atoms with van der Waals surface area (Å²) < 4.78 is 1.15. The third-order valence-corrected chi connectivity index (χ3v) is 4.93. The highest BCUT2D eigenvalue weighted by molar-refractivity contribution is 9.11. The number of carboxylic acids is 1. The zero-order valence-electron chi connectivity index (χ0n) is 9.78. The first-order valence-corrected chi connectivity index (χ1v) is 7.29. The Labute approximate surface area is 114 Å². The van der Waals surface area contributed by atoms with Crippen LogP contribution in [0.2, 0.25) is 0 Å². The Balaban J connectivity index is 1.78. The second kappa shape index (κ2) is 5.08. The van der Waals surface area contributed by atoms with Gasteiger partial charge < -0.3 is 10.0 Å². The van der Waals surface area contributed by atoms with Crippen LogP contribution in [0.15, 0.2) is 15.9 Å². The Morgan fingerprint density at radius 1 is 1.59 bits per heavy atom. The molecule has 5 heteroatoms. The van der Waals surface area contributed by atoms with E-state index in [0.29, 0.717) is 6.54 Å². The smallest absolute Gasteiger partial charge is 0.310 e. The number of likely N-dealkylation sites (N-methyl/N-ethyl adjacent to an activating group) is 1. The zero-order valence-corrected chi connectivity index (χ0v) is 12.2. The predicted molar refractivity (Wildman–Crippen MR) is 72.5 cm³/mol. The van der Waals surface area contributed by atoms with Crippen molar-refractivity contribution in [2.45, 2.75) is 19.3 Å². The van der Waals surface area contributed by atoms with E-state index in [1.54, 1.807) is 11.3 Å². The van der Waals surface area contributed by atoms with Crippen molar-refractivity contribution in [1.82, 2.24) is 4.90 Å². The third-order valence-electron chi connectivity index (χ3n) is 3.25. The second-order valence-electron chi connectivity index (χ2n) is 4.78. The molecule has 0 amide bonds. The fourth-order valence-corrected chi connectivity index (χ4v) is 3.45. The topological polar surface area (TPSA) is 40.5 Å². The van der Waals surface area contributed by atoms with Gasteiger partial charge >= 0.3 is 5.97 Å². The molecule has 0 saturated heterocycles. The van der Waals surface area contributed by atoms with Gasteiger partial charge in [0.05, 0.1) is 9.20 Å². The van der Waals surface area contributed by atoms with Crippen molar-refractivity contribution in [2.75, 3.05) is 20.1 Å². The van der Waals surface area contributed by atoms with E-state index in [4.69, 9.17) is 5.11 Å². The van der Waals surface area contributed by atoms with Gasteiger partial charge in [0.2, 0.25) is 0 Å². The molecule has 17 heavy (non-hydrogen) atoms. The van der Waals surface area contributed by atoms with Crippen molar-refractivity contribution in [3.05, 3.63) is 20.8 Å². The number of thiophene rings is 1. The van der Waals surface area contributed by atoms with Crippen LogP contribution in [-0.2, 0) is 11.2 Å². The maximum Gasteiger partial charge on any atom is 0.310 e. The Kier molecular flexibility index (Phi) is 3.90. The van der Waals surface area contributed by atoms with E-state index < -0.39 is 11.4 Å². The van der Waals surface area contributed by atoms with E-state index in [9.17, 15) is 4.79 Å². The standard InChI is InChI=1S/C12H16BrNO2S/c1-14(8-12(5-6-12)11(15)16)7-4-9-2-3-10(13)17-9/h2-3H,4-8H2,1H3,(H,15,16). The van der Waals surface area contributed by atoms with Gasteiger partial charge in [0.25, 0.3) is 0 Å². The quantitative estimate of drug-likeness (QED) is 0.877. The monoisotopic (exact) mass is 317 g/mol. The third kappa shape index (κ3) is 3.30. The zero-order chi connectivity index (χ0) is 12.5. The highest BCUT2D eigenvalue weighted by Gasteiger charge is 2.50. The molecule has 1 saturated carbocycles. The minimum atomic E-state index is -0.636. The molecule has 1 heterocycles. The molecule has 0 bridgehead atoms. The summed E-state index contributed by atoms with van der Waals surface area (Å²) in [5.41, 5.74) is -0.440. The van der Waals surface area contributed by atoms with Crippen LogP contribution in [0.4, 0.5) is 0 Å². The minimum Gasteiger partial charge on any atom is -0.481 e. The van der Waals surface area contributed by atoms with Gasteiger partial charge in [-0.1, -0.05) is 0 Å². The average molecular weight is 318 g/mol. The van der Waals surface area contributed by atoms with Gasteiger partial charge in [-0.15, -0.1) is 11.3 Å². The first-order valence-electron chi connectivity index (χ1n) is 5.68. The molecule has 0 aliphatic heterocycles. The number of carbonyl (C=O) groups is 1. The van der Waals surface area contributed by atoms with E-state index in [1.165, 1.54) is 4.88 Å². The van der Waals surface area contributed by atoms with Crippen LogP contribution in [0.1, 0.15) is 17.7 Å². The van der Waals surface area contributed by atoms with E-state index in [-0.39, 0.29) is 0 Å². The average Bonchev–Trinajstić information content (AvgIpc) is 2.92. The molecule has 1 aliphatic rings. The SMILES string of the molecule is CN(CCc1ccc(Br)s1)CC1(C(=O)O)CC1. The maximum atomic E-state index is 11.1. The number of nitrogens with zero attached hydrogens (tertiary/aromatic N) is 1. The molecule has 0 radical (unpaired) electrons. The summed E-state index contributed by atoms with van der Waals surface area (Å²) >= 11 is 5.19. The summed E-state index contributed by atoms with van der Waals surface area (Å²) in [6, 6.07) is 4.17. The van der Waals surface area contributed by atoms with Gasteiger partial charge in [-0.25, -0.2) is 0 Å². The lowest BCUT2D eigenvalue weighted by molar-refractivity contribution is -0.144. The molecule has 1 fully saturated rings. The van der Waals surface area contributed by atoms with Crippen molar-refractivity contribution >= 4 is 33.2 Å². The molecule has 1 N–H and O–H groups in total. The van der Waals surface area contributed by atoms with Crippen LogP contribution in [0.25, 0.3) is 0 Å². The fourth-order valence-electron chi connectivity index (χ4n) is 1.97. The number of hydrogen-bond donors (Lipinski definition) is 1. The fraction of sp³-hybridized carbons (Fsp3) is 0.583. The van der Waals surface area contributed by atoms with E-state index in [0.717, 1.165) is 29.6 Å². The molecular weight excluding hydrogens is 302 g/mol. The van der Waals surface area contributed by atoms with Gasteiger partial charge in [-0.2, -0.15) is 0 Å². The van der Waals surface area contributed by atoms with Crippen molar-refractivity contribution < 1.29 is 9.90 Å². The lowest BCUT2D eigenvalue weighted by atomic mass is 10.1. The van der Waals surface area contributed by atoms with Gasteiger partial charge in [0.1, 0.15) is 0 Å². The Hall–Kier alpha value is -0.390. The number of rotatable bonds is 6. The number of aliphatic carboxylic acids is 1.